The van der Waals surface area contributed by atoms with Gasteiger partial charge in [0.1, 0.15) is 10.6 Å². The quantitative estimate of drug-likeness (QED) is 0.846. The van der Waals surface area contributed by atoms with Gasteiger partial charge in [0, 0.05) is 6.21 Å². The normalized spacial score (nSPS) is 15.5. The molecule has 0 aliphatic carbocycles. The number of hydrazone groups is 1. The van der Waals surface area contributed by atoms with E-state index in [9.17, 15) is 13.2 Å². The maximum atomic E-state index is 11.5. The van der Waals surface area contributed by atoms with Gasteiger partial charge in [-0.3, -0.25) is 9.35 Å². The van der Waals surface area contributed by atoms with Gasteiger partial charge in [-0.1, -0.05) is 23.2 Å². The molecule has 96 valence electrons. The minimum Gasteiger partial charge on any atom is -0.282 e. The minimum absolute atomic E-state index is 0.0554. The van der Waals surface area contributed by atoms with Crippen molar-refractivity contribution in [3.8, 4) is 0 Å². The van der Waals surface area contributed by atoms with Crippen LogP contribution in [0.5, 0.6) is 0 Å². The van der Waals surface area contributed by atoms with Gasteiger partial charge in [-0.05, 0) is 12.1 Å². The molecule has 1 aromatic carbocycles. The minimum atomic E-state index is -4.50. The zero-order valence-corrected chi connectivity index (χ0v) is 11.0. The van der Waals surface area contributed by atoms with Crippen molar-refractivity contribution in [2.45, 2.75) is 11.3 Å². The number of anilines is 1. The van der Waals surface area contributed by atoms with Crippen molar-refractivity contribution in [2.75, 3.05) is 5.01 Å². The second-order valence-electron chi connectivity index (χ2n) is 3.39. The summed E-state index contributed by atoms with van der Waals surface area (Å²) in [6.07, 6.45) is 1.41. The number of hydrogen-bond acceptors (Lipinski definition) is 4. The fourth-order valence-corrected chi connectivity index (χ4v) is 2.84. The standard InChI is InChI=1S/C9H6Cl2N2O4S/c10-5-1-2-6(18(15,16)17)8(11)9(5)13-7(14)3-4-12-13/h1-2,4H,3H2,(H,15,16,17). The molecule has 9 heteroatoms. The predicted molar refractivity (Wildman–Crippen MR) is 66.9 cm³/mol. The number of nitrogens with zero attached hydrogens (tertiary/aromatic N) is 2. The summed E-state index contributed by atoms with van der Waals surface area (Å²) in [5.74, 6) is -0.397. The topological polar surface area (TPSA) is 87.0 Å². The number of halogens is 2. The molecule has 0 aromatic heterocycles. The highest BCUT2D eigenvalue weighted by Gasteiger charge is 2.27. The van der Waals surface area contributed by atoms with Crippen LogP contribution in [-0.4, -0.2) is 25.1 Å². The lowest BCUT2D eigenvalue weighted by atomic mass is 10.3. The Labute approximate surface area is 113 Å². The van der Waals surface area contributed by atoms with Gasteiger partial charge in [0.05, 0.1) is 16.5 Å². The van der Waals surface area contributed by atoms with E-state index in [-0.39, 0.29) is 22.2 Å². The number of rotatable bonds is 2. The van der Waals surface area contributed by atoms with Crippen LogP contribution < -0.4 is 5.01 Å². The molecular weight excluding hydrogens is 303 g/mol. The van der Waals surface area contributed by atoms with Crippen LogP contribution in [-0.2, 0) is 14.9 Å². The van der Waals surface area contributed by atoms with Gasteiger partial charge in [-0.15, -0.1) is 0 Å². The molecular formula is C9H6Cl2N2O4S. The van der Waals surface area contributed by atoms with Crippen LogP contribution in [0.1, 0.15) is 6.42 Å². The Balaban J connectivity index is 2.67. The summed E-state index contributed by atoms with van der Waals surface area (Å²) >= 11 is 11.7. The average molecular weight is 309 g/mol. The highest BCUT2D eigenvalue weighted by molar-refractivity contribution is 7.86. The lowest BCUT2D eigenvalue weighted by Crippen LogP contribution is -2.21. The third-order valence-corrected chi connectivity index (χ3v) is 3.92. The van der Waals surface area contributed by atoms with Crippen LogP contribution in [0.25, 0.3) is 0 Å². The highest BCUT2D eigenvalue weighted by Crippen LogP contribution is 2.39. The second-order valence-corrected chi connectivity index (χ2v) is 5.57. The second kappa shape index (κ2) is 4.51. The van der Waals surface area contributed by atoms with E-state index in [0.29, 0.717) is 0 Å². The maximum Gasteiger partial charge on any atom is 0.296 e. The molecule has 0 fully saturated rings. The number of carbonyl (C=O) groups is 1. The Morgan fingerprint density at radius 1 is 1.33 bits per heavy atom. The van der Waals surface area contributed by atoms with Crippen molar-refractivity contribution >= 4 is 51.1 Å². The van der Waals surface area contributed by atoms with Crippen LogP contribution in [0.3, 0.4) is 0 Å². The average Bonchev–Trinajstić information content (AvgIpc) is 2.63. The van der Waals surface area contributed by atoms with E-state index in [4.69, 9.17) is 27.8 Å². The summed E-state index contributed by atoms with van der Waals surface area (Å²) in [6, 6.07) is 2.26. The Morgan fingerprint density at radius 3 is 2.50 bits per heavy atom. The summed E-state index contributed by atoms with van der Waals surface area (Å²) in [4.78, 5) is 11.0. The first kappa shape index (κ1) is 13.3. The third kappa shape index (κ3) is 2.22. The van der Waals surface area contributed by atoms with Gasteiger partial charge in [0.15, 0.2) is 0 Å². The third-order valence-electron chi connectivity index (χ3n) is 2.22. The maximum absolute atomic E-state index is 11.5. The monoisotopic (exact) mass is 308 g/mol. The number of hydrogen-bond donors (Lipinski definition) is 1. The van der Waals surface area contributed by atoms with E-state index in [1.54, 1.807) is 0 Å². The fraction of sp³-hybridized carbons (Fsp3) is 0.111. The number of carbonyl (C=O) groups excluding carboxylic acids is 1. The molecule has 0 bridgehead atoms. The van der Waals surface area contributed by atoms with Crippen molar-refractivity contribution in [2.24, 2.45) is 5.10 Å². The Kier molecular flexibility index (Phi) is 3.33. The van der Waals surface area contributed by atoms with Gasteiger partial charge < -0.3 is 0 Å². The molecule has 0 atom stereocenters. The van der Waals surface area contributed by atoms with Crippen molar-refractivity contribution < 1.29 is 17.8 Å². The SMILES string of the molecule is O=C1CC=NN1c1c(Cl)ccc(S(=O)(=O)O)c1Cl. The molecule has 0 spiro atoms. The van der Waals surface area contributed by atoms with Gasteiger partial charge in [0.2, 0.25) is 0 Å². The van der Waals surface area contributed by atoms with Crippen molar-refractivity contribution in [3.05, 3.63) is 22.2 Å². The largest absolute Gasteiger partial charge is 0.296 e. The van der Waals surface area contributed by atoms with Gasteiger partial charge in [-0.2, -0.15) is 18.5 Å². The molecule has 6 nitrogen and oxygen atoms in total. The molecule has 1 aromatic rings. The Morgan fingerprint density at radius 2 is 2.00 bits per heavy atom. The first-order valence-corrected chi connectivity index (χ1v) is 6.83. The molecule has 1 aliphatic heterocycles. The lowest BCUT2D eigenvalue weighted by Gasteiger charge is -2.16. The van der Waals surface area contributed by atoms with Crippen molar-refractivity contribution in [1.82, 2.24) is 0 Å². The Bertz CT molecular complexity index is 657. The molecule has 2 rings (SSSR count). The molecule has 0 saturated heterocycles. The first-order chi connectivity index (χ1) is 8.32. The van der Waals surface area contributed by atoms with E-state index in [2.05, 4.69) is 5.10 Å². The van der Waals surface area contributed by atoms with E-state index < -0.39 is 20.9 Å². The van der Waals surface area contributed by atoms with E-state index in [1.165, 1.54) is 12.3 Å². The van der Waals surface area contributed by atoms with Crippen LogP contribution in [0, 0.1) is 0 Å². The van der Waals surface area contributed by atoms with E-state index in [0.717, 1.165) is 11.1 Å². The molecule has 1 aliphatic rings. The summed E-state index contributed by atoms with van der Waals surface area (Å²) in [5.41, 5.74) is -0.0628. The Hall–Kier alpha value is -1.15. The summed E-state index contributed by atoms with van der Waals surface area (Å²) in [5, 5.41) is 4.35. The zero-order chi connectivity index (χ0) is 13.5. The molecule has 1 heterocycles. The smallest absolute Gasteiger partial charge is 0.282 e. The van der Waals surface area contributed by atoms with Crippen LogP contribution >= 0.6 is 23.2 Å². The van der Waals surface area contributed by atoms with Crippen LogP contribution in [0.2, 0.25) is 10.0 Å². The van der Waals surface area contributed by atoms with Crippen LogP contribution in [0.4, 0.5) is 5.69 Å². The van der Waals surface area contributed by atoms with Gasteiger partial charge in [-0.25, -0.2) is 0 Å². The molecule has 0 radical (unpaired) electrons. The summed E-state index contributed by atoms with van der Waals surface area (Å²) < 4.78 is 31.2. The predicted octanol–water partition coefficient (Wildman–Crippen LogP) is 1.96. The summed E-state index contributed by atoms with van der Waals surface area (Å²) in [6.45, 7) is 0. The number of benzene rings is 1. The number of amides is 1. The molecule has 1 N–H and O–H groups in total. The van der Waals surface area contributed by atoms with Gasteiger partial charge >= 0.3 is 0 Å². The molecule has 1 amide bonds. The van der Waals surface area contributed by atoms with E-state index in [1.807, 2.05) is 0 Å². The molecule has 0 unspecified atom stereocenters. The summed E-state index contributed by atoms with van der Waals surface area (Å²) in [7, 11) is -4.50. The highest BCUT2D eigenvalue weighted by atomic mass is 35.5. The lowest BCUT2D eigenvalue weighted by molar-refractivity contribution is -0.116. The molecule has 0 saturated carbocycles. The molecule has 18 heavy (non-hydrogen) atoms. The van der Waals surface area contributed by atoms with Crippen molar-refractivity contribution in [1.29, 1.82) is 0 Å². The van der Waals surface area contributed by atoms with E-state index >= 15 is 0 Å². The zero-order valence-electron chi connectivity index (χ0n) is 8.67. The van der Waals surface area contributed by atoms with Crippen molar-refractivity contribution in [3.63, 3.8) is 0 Å². The van der Waals surface area contributed by atoms with Crippen LogP contribution in [0.15, 0.2) is 22.1 Å². The van der Waals surface area contributed by atoms with Gasteiger partial charge in [0.25, 0.3) is 16.0 Å². The first-order valence-electron chi connectivity index (χ1n) is 4.63. The fourth-order valence-electron chi connectivity index (χ4n) is 1.45.